The Morgan fingerprint density at radius 2 is 1.97 bits per heavy atom. The molecule has 1 N–H and O–H groups in total. The van der Waals surface area contributed by atoms with E-state index < -0.39 is 5.82 Å². The highest BCUT2D eigenvalue weighted by Gasteiger charge is 2.27. The van der Waals surface area contributed by atoms with Crippen molar-refractivity contribution in [3.05, 3.63) is 58.4 Å². The van der Waals surface area contributed by atoms with Crippen molar-refractivity contribution >= 4 is 23.2 Å². The third kappa shape index (κ3) is 5.32. The lowest BCUT2D eigenvalue weighted by Gasteiger charge is -2.36. The SMILES string of the molecule is CC1CC(Oc2cc(NC(=O)c3ccc(F)cc3Cl)ccc2C(C)(C)C)CCN1C. The zero-order chi connectivity index (χ0) is 22.1. The van der Waals surface area contributed by atoms with Crippen LogP contribution in [0.3, 0.4) is 0 Å². The molecule has 1 heterocycles. The van der Waals surface area contributed by atoms with Gasteiger partial charge in [0.2, 0.25) is 0 Å². The second kappa shape index (κ2) is 8.94. The summed E-state index contributed by atoms with van der Waals surface area (Å²) >= 11 is 6.03. The number of nitrogens with one attached hydrogen (secondary N) is 1. The molecule has 0 radical (unpaired) electrons. The van der Waals surface area contributed by atoms with Gasteiger partial charge < -0.3 is 15.0 Å². The Morgan fingerprint density at radius 1 is 1.23 bits per heavy atom. The molecule has 2 aromatic rings. The highest BCUT2D eigenvalue weighted by Crippen LogP contribution is 2.35. The lowest BCUT2D eigenvalue weighted by Crippen LogP contribution is -2.42. The highest BCUT2D eigenvalue weighted by molar-refractivity contribution is 6.34. The first kappa shape index (κ1) is 22.6. The Morgan fingerprint density at radius 3 is 2.60 bits per heavy atom. The number of hydrogen-bond donors (Lipinski definition) is 1. The van der Waals surface area contributed by atoms with Crippen molar-refractivity contribution in [2.24, 2.45) is 0 Å². The lowest BCUT2D eigenvalue weighted by molar-refractivity contribution is 0.0778. The molecule has 1 aliphatic heterocycles. The third-order valence-electron chi connectivity index (χ3n) is 5.68. The summed E-state index contributed by atoms with van der Waals surface area (Å²) in [5.41, 5.74) is 1.83. The second-order valence-corrected chi connectivity index (χ2v) is 9.54. The minimum Gasteiger partial charge on any atom is -0.490 e. The van der Waals surface area contributed by atoms with Crippen LogP contribution < -0.4 is 10.1 Å². The van der Waals surface area contributed by atoms with Crippen molar-refractivity contribution in [1.29, 1.82) is 0 Å². The van der Waals surface area contributed by atoms with Gasteiger partial charge in [-0.05, 0) is 62.1 Å². The molecule has 3 rings (SSSR count). The Kier molecular flexibility index (Phi) is 6.73. The van der Waals surface area contributed by atoms with Gasteiger partial charge >= 0.3 is 0 Å². The molecule has 30 heavy (non-hydrogen) atoms. The predicted octanol–water partition coefficient (Wildman–Crippen LogP) is 5.89. The number of hydrogen-bond acceptors (Lipinski definition) is 3. The van der Waals surface area contributed by atoms with Crippen LogP contribution in [0.15, 0.2) is 36.4 Å². The van der Waals surface area contributed by atoms with Gasteiger partial charge in [0.15, 0.2) is 0 Å². The monoisotopic (exact) mass is 432 g/mol. The number of rotatable bonds is 4. The van der Waals surface area contributed by atoms with E-state index in [1.54, 1.807) is 0 Å². The molecule has 0 saturated carbocycles. The maximum Gasteiger partial charge on any atom is 0.257 e. The molecule has 0 aromatic heterocycles. The number of benzene rings is 2. The number of halogens is 2. The zero-order valence-electron chi connectivity index (χ0n) is 18.3. The van der Waals surface area contributed by atoms with E-state index in [4.69, 9.17) is 16.3 Å². The second-order valence-electron chi connectivity index (χ2n) is 9.13. The van der Waals surface area contributed by atoms with Crippen LogP contribution in [0.1, 0.15) is 56.5 Å². The summed E-state index contributed by atoms with van der Waals surface area (Å²) in [5.74, 6) is -0.0799. The van der Waals surface area contributed by atoms with E-state index in [1.807, 2.05) is 18.2 Å². The molecule has 2 atom stereocenters. The highest BCUT2D eigenvalue weighted by atomic mass is 35.5. The summed E-state index contributed by atoms with van der Waals surface area (Å²) in [6.45, 7) is 9.63. The third-order valence-corrected chi connectivity index (χ3v) is 5.99. The molecule has 1 amide bonds. The van der Waals surface area contributed by atoms with Gasteiger partial charge in [-0.25, -0.2) is 4.39 Å². The predicted molar refractivity (Wildman–Crippen MR) is 120 cm³/mol. The van der Waals surface area contributed by atoms with Crippen molar-refractivity contribution in [1.82, 2.24) is 4.90 Å². The number of likely N-dealkylation sites (tertiary alicyclic amines) is 1. The van der Waals surface area contributed by atoms with Crippen LogP contribution in [0.4, 0.5) is 10.1 Å². The van der Waals surface area contributed by atoms with Gasteiger partial charge in [-0.1, -0.05) is 38.4 Å². The maximum absolute atomic E-state index is 13.3. The van der Waals surface area contributed by atoms with E-state index in [1.165, 1.54) is 12.1 Å². The topological polar surface area (TPSA) is 41.6 Å². The number of carbonyl (C=O) groups is 1. The van der Waals surface area contributed by atoms with E-state index in [0.717, 1.165) is 36.8 Å². The van der Waals surface area contributed by atoms with Gasteiger partial charge in [-0.15, -0.1) is 0 Å². The molecule has 6 heteroatoms. The smallest absolute Gasteiger partial charge is 0.257 e. The minimum absolute atomic E-state index is 0.0793. The molecule has 4 nitrogen and oxygen atoms in total. The summed E-state index contributed by atoms with van der Waals surface area (Å²) in [6.07, 6.45) is 2.06. The first-order valence-corrected chi connectivity index (χ1v) is 10.7. The van der Waals surface area contributed by atoms with E-state index >= 15 is 0 Å². The summed E-state index contributed by atoms with van der Waals surface area (Å²) in [4.78, 5) is 15.0. The fourth-order valence-corrected chi connectivity index (χ4v) is 3.98. The average molecular weight is 433 g/mol. The molecule has 162 valence electrons. The van der Waals surface area contributed by atoms with E-state index in [2.05, 4.69) is 45.0 Å². The van der Waals surface area contributed by atoms with Crippen molar-refractivity contribution in [3.63, 3.8) is 0 Å². The number of ether oxygens (including phenoxy) is 1. The van der Waals surface area contributed by atoms with Gasteiger partial charge in [0.05, 0.1) is 10.6 Å². The standard InChI is InChI=1S/C24H30ClFN2O2/c1-15-12-18(10-11-28(15)5)30-22-14-17(7-9-20(22)24(2,3)4)27-23(29)19-8-6-16(26)13-21(19)25/h6-9,13-15,18H,10-12H2,1-5H3,(H,27,29). The molecule has 0 bridgehead atoms. The molecular weight excluding hydrogens is 403 g/mol. The van der Waals surface area contributed by atoms with Crippen LogP contribution >= 0.6 is 11.6 Å². The van der Waals surface area contributed by atoms with Crippen LogP contribution in [0.25, 0.3) is 0 Å². The number of anilines is 1. The van der Waals surface area contributed by atoms with E-state index in [0.29, 0.717) is 11.7 Å². The molecule has 0 aliphatic carbocycles. The van der Waals surface area contributed by atoms with Gasteiger partial charge in [0.1, 0.15) is 17.7 Å². The molecule has 1 fully saturated rings. The lowest BCUT2D eigenvalue weighted by atomic mass is 9.86. The number of amides is 1. The van der Waals surface area contributed by atoms with Gasteiger partial charge in [-0.3, -0.25) is 4.79 Å². The Hall–Kier alpha value is -2.11. The summed E-state index contributed by atoms with van der Waals surface area (Å²) in [5, 5.41) is 2.94. The van der Waals surface area contributed by atoms with Gasteiger partial charge in [-0.2, -0.15) is 0 Å². The Balaban J connectivity index is 1.84. The van der Waals surface area contributed by atoms with Crippen molar-refractivity contribution in [3.8, 4) is 5.75 Å². The largest absolute Gasteiger partial charge is 0.490 e. The van der Waals surface area contributed by atoms with Gasteiger partial charge in [0.25, 0.3) is 5.91 Å². The van der Waals surface area contributed by atoms with Crippen molar-refractivity contribution in [2.75, 3.05) is 18.9 Å². The van der Waals surface area contributed by atoms with Crippen LogP contribution in [-0.4, -0.2) is 36.5 Å². The van der Waals surface area contributed by atoms with E-state index in [9.17, 15) is 9.18 Å². The fourth-order valence-electron chi connectivity index (χ4n) is 3.72. The molecule has 2 unspecified atom stereocenters. The average Bonchev–Trinajstić information content (AvgIpc) is 2.64. The zero-order valence-corrected chi connectivity index (χ0v) is 19.0. The minimum atomic E-state index is -0.478. The van der Waals surface area contributed by atoms with Crippen LogP contribution in [-0.2, 0) is 5.41 Å². The normalized spacial score (nSPS) is 20.1. The molecule has 1 saturated heterocycles. The Bertz CT molecular complexity index is 926. The van der Waals surface area contributed by atoms with Crippen molar-refractivity contribution < 1.29 is 13.9 Å². The van der Waals surface area contributed by atoms with Gasteiger partial charge in [0, 0.05) is 24.3 Å². The number of piperidine rings is 1. The first-order valence-electron chi connectivity index (χ1n) is 10.3. The molecule has 0 spiro atoms. The fraction of sp³-hybridized carbons (Fsp3) is 0.458. The quantitative estimate of drug-likeness (QED) is 0.654. The summed E-state index contributed by atoms with van der Waals surface area (Å²) in [6, 6.07) is 9.93. The maximum atomic E-state index is 13.3. The Labute approximate surface area is 183 Å². The van der Waals surface area contributed by atoms with Crippen molar-refractivity contribution in [2.45, 2.75) is 58.1 Å². The van der Waals surface area contributed by atoms with E-state index in [-0.39, 0.29) is 28.0 Å². The molecule has 2 aromatic carbocycles. The summed E-state index contributed by atoms with van der Waals surface area (Å²) in [7, 11) is 2.14. The summed E-state index contributed by atoms with van der Waals surface area (Å²) < 4.78 is 19.7. The van der Waals surface area contributed by atoms with Crippen LogP contribution in [0, 0.1) is 5.82 Å². The number of carbonyl (C=O) groups excluding carboxylic acids is 1. The first-order chi connectivity index (χ1) is 14.0. The van der Waals surface area contributed by atoms with Crippen LogP contribution in [0.2, 0.25) is 5.02 Å². The molecule has 1 aliphatic rings. The number of nitrogens with zero attached hydrogens (tertiary/aromatic N) is 1. The van der Waals surface area contributed by atoms with Crippen LogP contribution in [0.5, 0.6) is 5.75 Å². The molecular formula is C24H30ClFN2O2.